The van der Waals surface area contributed by atoms with E-state index in [0.29, 0.717) is 21.8 Å². The lowest BCUT2D eigenvalue weighted by atomic mass is 10.00. The molecule has 0 spiro atoms. The molecule has 0 amide bonds. The molecule has 4 nitrogen and oxygen atoms in total. The fourth-order valence-electron chi connectivity index (χ4n) is 3.33. The Morgan fingerprint density at radius 2 is 2.07 bits per heavy atom. The zero-order valence-corrected chi connectivity index (χ0v) is 19.1. The molecule has 0 N–H and O–H groups in total. The maximum atomic E-state index is 12.4. The van der Waals surface area contributed by atoms with Gasteiger partial charge in [-0.2, -0.15) is 0 Å². The Bertz CT molecular complexity index is 782. The van der Waals surface area contributed by atoms with E-state index in [2.05, 4.69) is 18.9 Å². The Morgan fingerprint density at radius 1 is 1.37 bits per heavy atom. The first-order valence-electron chi connectivity index (χ1n) is 9.35. The van der Waals surface area contributed by atoms with Gasteiger partial charge in [0.15, 0.2) is 9.84 Å². The van der Waals surface area contributed by atoms with Crippen LogP contribution in [0.25, 0.3) is 0 Å². The van der Waals surface area contributed by atoms with Crippen molar-refractivity contribution >= 4 is 20.3 Å². The Morgan fingerprint density at radius 3 is 2.70 bits per heavy atom. The lowest BCUT2D eigenvalue weighted by Gasteiger charge is -2.19. The van der Waals surface area contributed by atoms with Crippen molar-refractivity contribution in [2.45, 2.75) is 62.2 Å². The largest absolute Gasteiger partial charge is 0.425 e. The fourth-order valence-corrected chi connectivity index (χ4v) is 5.11. The summed E-state index contributed by atoms with van der Waals surface area (Å²) in [5.41, 5.74) is 5.07. The quantitative estimate of drug-likeness (QED) is 0.340. The molecule has 1 aromatic carbocycles. The highest BCUT2D eigenvalue weighted by Crippen LogP contribution is 2.31. The van der Waals surface area contributed by atoms with Crippen LogP contribution in [0.1, 0.15) is 39.0 Å². The Balaban J connectivity index is 1.83. The van der Waals surface area contributed by atoms with Crippen molar-refractivity contribution < 1.29 is 17.6 Å². The molecule has 1 saturated heterocycles. The van der Waals surface area contributed by atoms with Crippen LogP contribution in [-0.4, -0.2) is 43.0 Å². The first kappa shape index (κ1) is 21.9. The van der Waals surface area contributed by atoms with E-state index in [1.54, 1.807) is 24.3 Å². The maximum Gasteiger partial charge on any atom is 0.178 e. The number of ether oxygens (including phenoxy) is 1. The molecule has 0 saturated carbocycles. The first-order valence-corrected chi connectivity index (χ1v) is 11.8. The predicted octanol–water partition coefficient (Wildman–Crippen LogP) is 3.13. The van der Waals surface area contributed by atoms with Crippen LogP contribution in [0.15, 0.2) is 65.3 Å². The monoisotopic (exact) mass is 406 g/mol. The molecule has 27 heavy (non-hydrogen) atoms. The van der Waals surface area contributed by atoms with Gasteiger partial charge in [-0.05, 0) is 55.9 Å². The number of sulfone groups is 1. The van der Waals surface area contributed by atoms with Crippen molar-refractivity contribution in [1.29, 1.82) is 0 Å². The van der Waals surface area contributed by atoms with Crippen LogP contribution < -0.4 is 0 Å². The van der Waals surface area contributed by atoms with Gasteiger partial charge < -0.3 is 9.16 Å². The van der Waals surface area contributed by atoms with Crippen molar-refractivity contribution in [3.8, 4) is 0 Å². The van der Waals surface area contributed by atoms with Gasteiger partial charge in [-0.15, -0.1) is 5.73 Å². The molecule has 0 unspecified atom stereocenters. The number of hydrogen-bond acceptors (Lipinski definition) is 4. The second-order valence-corrected chi connectivity index (χ2v) is 9.71. The van der Waals surface area contributed by atoms with Crippen molar-refractivity contribution in [3.05, 3.63) is 60.4 Å². The number of benzene rings is 1. The maximum absolute atomic E-state index is 12.4. The third-order valence-electron chi connectivity index (χ3n) is 5.03. The first-order chi connectivity index (χ1) is 12.9. The van der Waals surface area contributed by atoms with Gasteiger partial charge in [0.2, 0.25) is 0 Å². The lowest BCUT2D eigenvalue weighted by Crippen LogP contribution is -2.19. The summed E-state index contributed by atoms with van der Waals surface area (Å²) in [5.74, 6) is 0.0945. The highest BCUT2D eigenvalue weighted by molar-refractivity contribution is 7.91. The minimum absolute atomic E-state index is 0.0123. The predicted molar refractivity (Wildman–Crippen MR) is 113 cm³/mol. The Labute approximate surface area is 166 Å². The SMILES string of the molecule is C=C=C(C)C[C@H](CC[C@@H]1O[C@@H](CCS(=O)(=O)c2ccccc2)CC1=C)O[SiH3]. The molecule has 1 aliphatic heterocycles. The molecule has 0 radical (unpaired) electrons. The lowest BCUT2D eigenvalue weighted by molar-refractivity contribution is 0.0394. The fraction of sp³-hybridized carbons (Fsp3) is 0.476. The standard InChI is InChI=1S/C21H30O4SSi/c1-4-16(2)14-19(25-27)10-11-21-17(3)15-18(24-21)12-13-26(22,23)20-8-6-5-7-9-20/h5-9,18-19,21H,1,3,10-15H2,2,27H3/t18-,19-,21-/m0/s1. The van der Waals surface area contributed by atoms with E-state index in [1.165, 1.54) is 0 Å². The summed E-state index contributed by atoms with van der Waals surface area (Å²) in [6, 6.07) is 8.58. The third kappa shape index (κ3) is 6.59. The van der Waals surface area contributed by atoms with Crippen LogP contribution in [0, 0.1) is 0 Å². The molecule has 148 valence electrons. The number of rotatable bonds is 10. The van der Waals surface area contributed by atoms with Crippen LogP contribution in [0.2, 0.25) is 0 Å². The zero-order chi connectivity index (χ0) is 19.9. The van der Waals surface area contributed by atoms with Crippen LogP contribution in [0.3, 0.4) is 0 Å². The van der Waals surface area contributed by atoms with Gasteiger partial charge in [0.25, 0.3) is 0 Å². The van der Waals surface area contributed by atoms with Crippen LogP contribution in [0.5, 0.6) is 0 Å². The molecule has 1 aromatic rings. The van der Waals surface area contributed by atoms with Gasteiger partial charge in [0.05, 0.1) is 22.9 Å². The van der Waals surface area contributed by atoms with E-state index < -0.39 is 9.84 Å². The highest BCUT2D eigenvalue weighted by Gasteiger charge is 2.30. The smallest absolute Gasteiger partial charge is 0.178 e. The second-order valence-electron chi connectivity index (χ2n) is 7.13. The van der Waals surface area contributed by atoms with Gasteiger partial charge in [-0.1, -0.05) is 31.4 Å². The summed E-state index contributed by atoms with van der Waals surface area (Å²) in [7, 11) is -2.58. The molecule has 1 aliphatic rings. The molecule has 2 rings (SSSR count). The minimum atomic E-state index is -3.27. The highest BCUT2D eigenvalue weighted by atomic mass is 32.2. The minimum Gasteiger partial charge on any atom is -0.425 e. The van der Waals surface area contributed by atoms with Gasteiger partial charge >= 0.3 is 0 Å². The van der Waals surface area contributed by atoms with Gasteiger partial charge in [-0.3, -0.25) is 0 Å². The summed E-state index contributed by atoms with van der Waals surface area (Å²) < 4.78 is 36.6. The Hall–Kier alpha value is -1.43. The summed E-state index contributed by atoms with van der Waals surface area (Å²) >= 11 is 0. The van der Waals surface area contributed by atoms with Crippen LogP contribution >= 0.6 is 0 Å². The van der Waals surface area contributed by atoms with Gasteiger partial charge in [-0.25, -0.2) is 8.42 Å². The molecular weight excluding hydrogens is 376 g/mol. The molecule has 6 heteroatoms. The molecule has 0 aliphatic carbocycles. The average molecular weight is 407 g/mol. The van der Waals surface area contributed by atoms with E-state index >= 15 is 0 Å². The van der Waals surface area contributed by atoms with Crippen molar-refractivity contribution in [2.24, 2.45) is 0 Å². The van der Waals surface area contributed by atoms with E-state index in [9.17, 15) is 8.42 Å². The van der Waals surface area contributed by atoms with Crippen molar-refractivity contribution in [1.82, 2.24) is 0 Å². The zero-order valence-electron chi connectivity index (χ0n) is 16.3. The summed E-state index contributed by atoms with van der Waals surface area (Å²) in [6.45, 7) is 9.82. The second kappa shape index (κ2) is 10.2. The van der Waals surface area contributed by atoms with E-state index in [0.717, 1.165) is 36.8 Å². The molecule has 0 aromatic heterocycles. The molecule has 1 fully saturated rings. The number of hydrogen-bond donors (Lipinski definition) is 0. The molecule has 1 heterocycles. The van der Waals surface area contributed by atoms with Crippen LogP contribution in [0.4, 0.5) is 0 Å². The molecular formula is C21H30O4SSi. The van der Waals surface area contributed by atoms with E-state index in [4.69, 9.17) is 9.16 Å². The topological polar surface area (TPSA) is 52.6 Å². The molecule has 0 bridgehead atoms. The average Bonchev–Trinajstić information content (AvgIpc) is 3.03. The normalized spacial score (nSPS) is 21.1. The van der Waals surface area contributed by atoms with Crippen LogP contribution in [-0.2, 0) is 19.0 Å². The van der Waals surface area contributed by atoms with Crippen molar-refractivity contribution in [3.63, 3.8) is 0 Å². The third-order valence-corrected chi connectivity index (χ3v) is 7.46. The van der Waals surface area contributed by atoms with Gasteiger partial charge in [0, 0.05) is 12.5 Å². The van der Waals surface area contributed by atoms with Gasteiger partial charge in [0.1, 0.15) is 10.5 Å². The Kier molecular flexibility index (Phi) is 8.26. The molecule has 3 atom stereocenters. The summed E-state index contributed by atoms with van der Waals surface area (Å²) in [6.07, 6.45) is 3.87. The summed E-state index contributed by atoms with van der Waals surface area (Å²) in [4.78, 5) is 0.371. The van der Waals surface area contributed by atoms with E-state index in [-0.39, 0.29) is 24.1 Å². The van der Waals surface area contributed by atoms with E-state index in [1.807, 2.05) is 13.0 Å². The summed E-state index contributed by atoms with van der Waals surface area (Å²) in [5, 5.41) is 0. The van der Waals surface area contributed by atoms with Crippen molar-refractivity contribution in [2.75, 3.05) is 5.75 Å².